The normalized spacial score (nSPS) is 28.2. The molecule has 0 spiro atoms. The third-order valence-corrected chi connectivity index (χ3v) is 4.75. The van der Waals surface area contributed by atoms with Gasteiger partial charge in [0.1, 0.15) is 5.75 Å². The van der Waals surface area contributed by atoms with Gasteiger partial charge in [-0.05, 0) is 43.1 Å². The maximum absolute atomic E-state index is 6.68. The number of nitrogens with two attached hydrogens (primary N) is 1. The lowest BCUT2D eigenvalue weighted by molar-refractivity contribution is 0.132. The summed E-state index contributed by atoms with van der Waals surface area (Å²) in [5.74, 6) is 1.71. The Morgan fingerprint density at radius 3 is 2.26 bits per heavy atom. The first-order valence-electron chi connectivity index (χ1n) is 7.29. The molecule has 2 N–H and O–H groups in total. The Hall–Kier alpha value is -1.02. The van der Waals surface area contributed by atoms with Crippen LogP contribution in [-0.2, 0) is 5.54 Å². The van der Waals surface area contributed by atoms with Gasteiger partial charge >= 0.3 is 0 Å². The third-order valence-electron chi connectivity index (χ3n) is 4.75. The van der Waals surface area contributed by atoms with Crippen molar-refractivity contribution in [1.82, 2.24) is 0 Å². The van der Waals surface area contributed by atoms with Crippen LogP contribution in [0.2, 0.25) is 0 Å². The molecule has 0 aromatic heterocycles. The highest BCUT2D eigenvalue weighted by Crippen LogP contribution is 2.45. The number of ether oxygens (including phenoxy) is 1. The van der Waals surface area contributed by atoms with Crippen molar-refractivity contribution in [2.45, 2.75) is 52.0 Å². The molecule has 0 radical (unpaired) electrons. The van der Waals surface area contributed by atoms with Crippen LogP contribution in [0.15, 0.2) is 24.3 Å². The van der Waals surface area contributed by atoms with Crippen LogP contribution in [0.1, 0.15) is 52.0 Å². The lowest BCUT2D eigenvalue weighted by Crippen LogP contribution is -2.42. The summed E-state index contributed by atoms with van der Waals surface area (Å²) in [6.45, 7) is 7.01. The van der Waals surface area contributed by atoms with Gasteiger partial charge in [0.15, 0.2) is 0 Å². The molecule has 0 atom stereocenters. The summed E-state index contributed by atoms with van der Waals surface area (Å²) in [5, 5.41) is 0. The summed E-state index contributed by atoms with van der Waals surface area (Å²) in [6.07, 6.45) is 4.51. The summed E-state index contributed by atoms with van der Waals surface area (Å²) in [4.78, 5) is 0. The molecule has 1 aromatic carbocycles. The topological polar surface area (TPSA) is 35.2 Å². The van der Waals surface area contributed by atoms with Gasteiger partial charge in [-0.3, -0.25) is 0 Å². The van der Waals surface area contributed by atoms with Crippen LogP contribution in [-0.4, -0.2) is 7.11 Å². The van der Waals surface area contributed by atoms with E-state index in [0.717, 1.165) is 24.5 Å². The molecule has 2 nitrogen and oxygen atoms in total. The summed E-state index contributed by atoms with van der Waals surface area (Å²) >= 11 is 0. The van der Waals surface area contributed by atoms with E-state index in [2.05, 4.69) is 32.9 Å². The SMILES string of the molecule is COc1ccccc1C1(N)CCC(C(C)(C)C)CC1. The molecule has 1 aromatic rings. The van der Waals surface area contributed by atoms with Crippen LogP contribution < -0.4 is 10.5 Å². The molecule has 1 saturated carbocycles. The standard InChI is InChI=1S/C17H27NO/c1-16(2,3)13-9-11-17(18,12-10-13)14-7-5-6-8-15(14)19-4/h5-8,13H,9-12,18H2,1-4H3. The Labute approximate surface area is 117 Å². The van der Waals surface area contributed by atoms with Gasteiger partial charge in [-0.1, -0.05) is 39.0 Å². The predicted octanol–water partition coefficient (Wildman–Crippen LogP) is 4.09. The Morgan fingerprint density at radius 2 is 1.74 bits per heavy atom. The van der Waals surface area contributed by atoms with Gasteiger partial charge in [-0.15, -0.1) is 0 Å². The Kier molecular flexibility index (Phi) is 3.91. The predicted molar refractivity (Wildman–Crippen MR) is 80.3 cm³/mol. The van der Waals surface area contributed by atoms with E-state index in [1.54, 1.807) is 7.11 Å². The fourth-order valence-electron chi connectivity index (χ4n) is 3.32. The van der Waals surface area contributed by atoms with Gasteiger partial charge in [-0.25, -0.2) is 0 Å². The van der Waals surface area contributed by atoms with Crippen molar-refractivity contribution in [3.8, 4) is 5.75 Å². The first kappa shape index (κ1) is 14.4. The average molecular weight is 261 g/mol. The zero-order valence-corrected chi connectivity index (χ0v) is 12.7. The quantitative estimate of drug-likeness (QED) is 0.870. The molecular weight excluding hydrogens is 234 g/mol. The van der Waals surface area contributed by atoms with Crippen molar-refractivity contribution in [1.29, 1.82) is 0 Å². The molecule has 1 aliphatic rings. The van der Waals surface area contributed by atoms with Crippen molar-refractivity contribution < 1.29 is 4.74 Å². The highest BCUT2D eigenvalue weighted by molar-refractivity contribution is 5.39. The summed E-state index contributed by atoms with van der Waals surface area (Å²) in [5.41, 5.74) is 8.03. The maximum Gasteiger partial charge on any atom is 0.123 e. The Balaban J connectivity index is 2.18. The van der Waals surface area contributed by atoms with E-state index in [4.69, 9.17) is 10.5 Å². The second-order valence-corrected chi connectivity index (χ2v) is 7.00. The minimum atomic E-state index is -0.214. The van der Waals surface area contributed by atoms with E-state index in [1.165, 1.54) is 18.4 Å². The molecule has 1 fully saturated rings. The molecule has 0 unspecified atom stereocenters. The zero-order chi connectivity index (χ0) is 14.1. The molecule has 19 heavy (non-hydrogen) atoms. The van der Waals surface area contributed by atoms with E-state index in [1.807, 2.05) is 12.1 Å². The number of para-hydroxylation sites is 1. The van der Waals surface area contributed by atoms with E-state index in [-0.39, 0.29) is 5.54 Å². The van der Waals surface area contributed by atoms with Gasteiger partial charge in [0.2, 0.25) is 0 Å². The number of hydrogen-bond acceptors (Lipinski definition) is 2. The lowest BCUT2D eigenvalue weighted by atomic mass is 9.66. The lowest BCUT2D eigenvalue weighted by Gasteiger charge is -2.42. The van der Waals surface area contributed by atoms with E-state index in [9.17, 15) is 0 Å². The van der Waals surface area contributed by atoms with Gasteiger partial charge in [0.05, 0.1) is 7.11 Å². The zero-order valence-electron chi connectivity index (χ0n) is 12.7. The number of benzene rings is 1. The van der Waals surface area contributed by atoms with Crippen LogP contribution >= 0.6 is 0 Å². The second kappa shape index (κ2) is 5.16. The highest BCUT2D eigenvalue weighted by atomic mass is 16.5. The smallest absolute Gasteiger partial charge is 0.123 e. The molecule has 0 saturated heterocycles. The van der Waals surface area contributed by atoms with Gasteiger partial charge in [-0.2, -0.15) is 0 Å². The van der Waals surface area contributed by atoms with Crippen molar-refractivity contribution in [2.75, 3.05) is 7.11 Å². The largest absolute Gasteiger partial charge is 0.496 e. The molecule has 1 aliphatic carbocycles. The van der Waals surface area contributed by atoms with Crippen LogP contribution in [0.3, 0.4) is 0 Å². The fraction of sp³-hybridized carbons (Fsp3) is 0.647. The molecule has 2 heteroatoms. The highest BCUT2D eigenvalue weighted by Gasteiger charge is 2.38. The van der Waals surface area contributed by atoms with Gasteiger partial charge in [0, 0.05) is 11.1 Å². The Bertz CT molecular complexity index is 425. The minimum Gasteiger partial charge on any atom is -0.496 e. The van der Waals surface area contributed by atoms with Crippen LogP contribution in [0.5, 0.6) is 5.75 Å². The third kappa shape index (κ3) is 2.94. The molecule has 0 amide bonds. The second-order valence-electron chi connectivity index (χ2n) is 7.00. The van der Waals surface area contributed by atoms with E-state index >= 15 is 0 Å². The van der Waals surface area contributed by atoms with Gasteiger partial charge < -0.3 is 10.5 Å². The first-order valence-corrected chi connectivity index (χ1v) is 7.29. The first-order chi connectivity index (χ1) is 8.87. The minimum absolute atomic E-state index is 0.214. The summed E-state index contributed by atoms with van der Waals surface area (Å²) < 4.78 is 5.48. The maximum atomic E-state index is 6.68. The van der Waals surface area contributed by atoms with Crippen LogP contribution in [0, 0.1) is 11.3 Å². The van der Waals surface area contributed by atoms with E-state index in [0.29, 0.717) is 5.41 Å². The van der Waals surface area contributed by atoms with Crippen LogP contribution in [0.4, 0.5) is 0 Å². The number of hydrogen-bond donors (Lipinski definition) is 1. The number of rotatable bonds is 2. The molecule has 0 aliphatic heterocycles. The summed E-state index contributed by atoms with van der Waals surface area (Å²) in [6, 6.07) is 8.20. The van der Waals surface area contributed by atoms with Gasteiger partial charge in [0.25, 0.3) is 0 Å². The fourth-order valence-corrected chi connectivity index (χ4v) is 3.32. The Morgan fingerprint density at radius 1 is 1.16 bits per heavy atom. The average Bonchev–Trinajstić information content (AvgIpc) is 2.38. The molecular formula is C17H27NO. The molecule has 0 heterocycles. The number of methoxy groups -OCH3 is 1. The van der Waals surface area contributed by atoms with Crippen LogP contribution in [0.25, 0.3) is 0 Å². The van der Waals surface area contributed by atoms with Crippen molar-refractivity contribution in [3.63, 3.8) is 0 Å². The van der Waals surface area contributed by atoms with E-state index < -0.39 is 0 Å². The van der Waals surface area contributed by atoms with Crippen molar-refractivity contribution in [2.24, 2.45) is 17.1 Å². The monoisotopic (exact) mass is 261 g/mol. The molecule has 2 rings (SSSR count). The molecule has 106 valence electrons. The summed E-state index contributed by atoms with van der Waals surface area (Å²) in [7, 11) is 1.73. The van der Waals surface area contributed by atoms with Crippen molar-refractivity contribution in [3.05, 3.63) is 29.8 Å². The molecule has 0 bridgehead atoms. The van der Waals surface area contributed by atoms with Crippen molar-refractivity contribution >= 4 is 0 Å².